The van der Waals surface area contributed by atoms with Crippen LogP contribution in [0, 0.1) is 11.8 Å². The maximum atomic E-state index is 12.7. The zero-order chi connectivity index (χ0) is 14.7. The molecule has 1 atom stereocenters. The highest BCUT2D eigenvalue weighted by molar-refractivity contribution is 5.79. The number of nitrogens with zero attached hydrogens (tertiary/aromatic N) is 3. The van der Waals surface area contributed by atoms with Gasteiger partial charge in [-0.1, -0.05) is 6.92 Å². The van der Waals surface area contributed by atoms with Gasteiger partial charge in [-0.25, -0.2) is 4.98 Å². The Kier molecular flexibility index (Phi) is 4.58. The summed E-state index contributed by atoms with van der Waals surface area (Å²) in [5.74, 6) is 2.33. The topological polar surface area (TPSA) is 52.2 Å². The number of likely N-dealkylation sites (tertiary alicyclic amines) is 2. The van der Waals surface area contributed by atoms with Crippen molar-refractivity contribution in [3.63, 3.8) is 0 Å². The van der Waals surface area contributed by atoms with Crippen LogP contribution >= 0.6 is 0 Å². The van der Waals surface area contributed by atoms with Crippen LogP contribution in [-0.2, 0) is 11.3 Å². The van der Waals surface area contributed by atoms with Gasteiger partial charge < -0.3 is 9.88 Å². The van der Waals surface area contributed by atoms with E-state index in [2.05, 4.69) is 26.7 Å². The molecule has 3 heterocycles. The Hall–Kier alpha value is -1.36. The number of carbonyl (C=O) groups excluding carboxylic acids is 1. The molecule has 0 aromatic carbocycles. The average molecular weight is 290 g/mol. The third kappa shape index (κ3) is 3.64. The molecule has 0 bridgehead atoms. The summed E-state index contributed by atoms with van der Waals surface area (Å²) in [4.78, 5) is 24.6. The second kappa shape index (κ2) is 6.60. The number of nitrogens with one attached hydrogen (secondary N) is 1. The highest BCUT2D eigenvalue weighted by Crippen LogP contribution is 2.23. The second-order valence-electron chi connectivity index (χ2n) is 6.62. The van der Waals surface area contributed by atoms with Gasteiger partial charge in [0.25, 0.3) is 0 Å². The van der Waals surface area contributed by atoms with Crippen LogP contribution in [0.4, 0.5) is 0 Å². The molecule has 5 heteroatoms. The van der Waals surface area contributed by atoms with Crippen LogP contribution < -0.4 is 0 Å². The van der Waals surface area contributed by atoms with Crippen molar-refractivity contribution < 1.29 is 4.79 Å². The van der Waals surface area contributed by atoms with E-state index in [0.717, 1.165) is 70.1 Å². The smallest absolute Gasteiger partial charge is 0.226 e. The van der Waals surface area contributed by atoms with Gasteiger partial charge in [0.15, 0.2) is 0 Å². The Labute approximate surface area is 126 Å². The molecule has 5 nitrogen and oxygen atoms in total. The van der Waals surface area contributed by atoms with Crippen LogP contribution in [0.3, 0.4) is 0 Å². The maximum Gasteiger partial charge on any atom is 0.226 e. The quantitative estimate of drug-likeness (QED) is 0.925. The molecule has 21 heavy (non-hydrogen) atoms. The fourth-order valence-corrected chi connectivity index (χ4v) is 3.48. The van der Waals surface area contributed by atoms with Crippen molar-refractivity contribution in [3.05, 3.63) is 18.2 Å². The Morgan fingerprint density at radius 2 is 2.14 bits per heavy atom. The number of carbonyl (C=O) groups is 1. The van der Waals surface area contributed by atoms with E-state index in [-0.39, 0.29) is 5.92 Å². The predicted octanol–water partition coefficient (Wildman–Crippen LogP) is 1.88. The molecule has 1 amide bonds. The van der Waals surface area contributed by atoms with Gasteiger partial charge in [-0.15, -0.1) is 0 Å². The number of aromatic amines is 1. The van der Waals surface area contributed by atoms with Crippen molar-refractivity contribution in [2.45, 2.75) is 39.2 Å². The normalized spacial score (nSPS) is 25.2. The molecule has 1 aromatic heterocycles. The largest absolute Gasteiger partial charge is 0.348 e. The zero-order valence-electron chi connectivity index (χ0n) is 12.9. The van der Waals surface area contributed by atoms with E-state index in [0.29, 0.717) is 5.91 Å². The van der Waals surface area contributed by atoms with Crippen molar-refractivity contribution in [2.24, 2.45) is 11.8 Å². The maximum absolute atomic E-state index is 12.7. The van der Waals surface area contributed by atoms with Crippen molar-refractivity contribution >= 4 is 5.91 Å². The van der Waals surface area contributed by atoms with Gasteiger partial charge in [-0.3, -0.25) is 9.69 Å². The molecule has 1 N–H and O–H groups in total. The fraction of sp³-hybridized carbons (Fsp3) is 0.750. The lowest BCUT2D eigenvalue weighted by Gasteiger charge is -2.37. The Morgan fingerprint density at radius 1 is 1.33 bits per heavy atom. The molecule has 2 aliphatic rings. The standard InChI is InChI=1S/C16H26N4O/c1-13-4-9-20(10-5-13)16(21)14-3-2-8-19(11-14)12-15-17-6-7-18-15/h6-7,13-14H,2-5,8-12H2,1H3,(H,17,18). The van der Waals surface area contributed by atoms with Crippen molar-refractivity contribution in [2.75, 3.05) is 26.2 Å². The number of imidazole rings is 1. The summed E-state index contributed by atoms with van der Waals surface area (Å²) in [6.07, 6.45) is 8.12. The lowest BCUT2D eigenvalue weighted by molar-refractivity contribution is -0.138. The molecule has 116 valence electrons. The van der Waals surface area contributed by atoms with Crippen LogP contribution in [0.2, 0.25) is 0 Å². The number of rotatable bonds is 3. The minimum Gasteiger partial charge on any atom is -0.348 e. The van der Waals surface area contributed by atoms with Gasteiger partial charge in [-0.2, -0.15) is 0 Å². The van der Waals surface area contributed by atoms with Gasteiger partial charge in [0.2, 0.25) is 5.91 Å². The summed E-state index contributed by atoms with van der Waals surface area (Å²) in [6, 6.07) is 0. The first-order valence-corrected chi connectivity index (χ1v) is 8.22. The summed E-state index contributed by atoms with van der Waals surface area (Å²) in [6.45, 7) is 6.97. The van der Waals surface area contributed by atoms with Crippen molar-refractivity contribution in [1.82, 2.24) is 19.8 Å². The number of piperidine rings is 2. The lowest BCUT2D eigenvalue weighted by atomic mass is 9.93. The average Bonchev–Trinajstić information content (AvgIpc) is 3.00. The van der Waals surface area contributed by atoms with Gasteiger partial charge in [0.1, 0.15) is 5.82 Å². The first-order chi connectivity index (χ1) is 10.2. The van der Waals surface area contributed by atoms with E-state index in [1.807, 2.05) is 6.20 Å². The zero-order valence-corrected chi connectivity index (χ0v) is 12.9. The minimum atomic E-state index is 0.183. The van der Waals surface area contributed by atoms with E-state index in [1.165, 1.54) is 0 Å². The summed E-state index contributed by atoms with van der Waals surface area (Å²) >= 11 is 0. The molecular formula is C16H26N4O. The summed E-state index contributed by atoms with van der Waals surface area (Å²) < 4.78 is 0. The molecule has 2 fully saturated rings. The number of amides is 1. The van der Waals surface area contributed by atoms with E-state index < -0.39 is 0 Å². The number of H-pyrrole nitrogens is 1. The van der Waals surface area contributed by atoms with E-state index in [4.69, 9.17) is 0 Å². The molecule has 1 aromatic rings. The molecule has 1 unspecified atom stereocenters. The third-order valence-corrected chi connectivity index (χ3v) is 4.88. The Morgan fingerprint density at radius 3 is 2.86 bits per heavy atom. The summed E-state index contributed by atoms with van der Waals surface area (Å²) in [5, 5.41) is 0. The third-order valence-electron chi connectivity index (χ3n) is 4.88. The van der Waals surface area contributed by atoms with Crippen molar-refractivity contribution in [1.29, 1.82) is 0 Å². The van der Waals surface area contributed by atoms with Gasteiger partial charge in [-0.05, 0) is 38.1 Å². The molecule has 0 spiro atoms. The first kappa shape index (κ1) is 14.6. The summed E-state index contributed by atoms with van der Waals surface area (Å²) in [5.41, 5.74) is 0. The number of aromatic nitrogens is 2. The molecule has 0 aliphatic carbocycles. The van der Waals surface area contributed by atoms with E-state index >= 15 is 0 Å². The lowest BCUT2D eigenvalue weighted by Crippen LogP contribution is -2.47. The van der Waals surface area contributed by atoms with Gasteiger partial charge >= 0.3 is 0 Å². The van der Waals surface area contributed by atoms with Crippen molar-refractivity contribution in [3.8, 4) is 0 Å². The highest BCUT2D eigenvalue weighted by atomic mass is 16.2. The summed E-state index contributed by atoms with van der Waals surface area (Å²) in [7, 11) is 0. The molecule has 2 aliphatic heterocycles. The monoisotopic (exact) mass is 290 g/mol. The predicted molar refractivity (Wildman–Crippen MR) is 81.6 cm³/mol. The highest BCUT2D eigenvalue weighted by Gasteiger charge is 2.30. The molecule has 0 saturated carbocycles. The van der Waals surface area contributed by atoms with Gasteiger partial charge in [0.05, 0.1) is 12.5 Å². The molecule has 3 rings (SSSR count). The minimum absolute atomic E-state index is 0.183. The van der Waals surface area contributed by atoms with Crippen LogP contribution in [0.5, 0.6) is 0 Å². The van der Waals surface area contributed by atoms with E-state index in [9.17, 15) is 4.79 Å². The SMILES string of the molecule is CC1CCN(C(=O)C2CCCN(Cc3ncc[nH]3)C2)CC1. The molecular weight excluding hydrogens is 264 g/mol. The molecule has 0 radical (unpaired) electrons. The first-order valence-electron chi connectivity index (χ1n) is 8.22. The Bertz CT molecular complexity index is 451. The molecule has 2 saturated heterocycles. The van der Waals surface area contributed by atoms with Gasteiger partial charge in [0, 0.05) is 32.0 Å². The van der Waals surface area contributed by atoms with Crippen LogP contribution in [0.1, 0.15) is 38.4 Å². The Balaban J connectivity index is 1.54. The van der Waals surface area contributed by atoms with Crippen LogP contribution in [-0.4, -0.2) is 51.9 Å². The van der Waals surface area contributed by atoms with E-state index in [1.54, 1.807) is 6.20 Å². The number of hydrogen-bond donors (Lipinski definition) is 1. The van der Waals surface area contributed by atoms with Crippen LogP contribution in [0.15, 0.2) is 12.4 Å². The van der Waals surface area contributed by atoms with Crippen LogP contribution in [0.25, 0.3) is 0 Å². The second-order valence-corrected chi connectivity index (χ2v) is 6.62. The fourth-order valence-electron chi connectivity index (χ4n) is 3.48. The number of hydrogen-bond acceptors (Lipinski definition) is 3.